The molecular formula is C12H24N4. The van der Waals surface area contributed by atoms with Gasteiger partial charge in [0.15, 0.2) is 0 Å². The van der Waals surface area contributed by atoms with E-state index >= 15 is 0 Å². The largest absolute Gasteiger partial charge is 0.342 e. The van der Waals surface area contributed by atoms with Crippen molar-refractivity contribution in [2.24, 2.45) is 16.8 Å². The van der Waals surface area contributed by atoms with Crippen LogP contribution >= 0.6 is 0 Å². The molecule has 0 aromatic heterocycles. The molecule has 2 aliphatic rings. The van der Waals surface area contributed by atoms with Crippen LogP contribution in [-0.4, -0.2) is 30.0 Å². The Balaban J connectivity index is 1.91. The highest BCUT2D eigenvalue weighted by molar-refractivity contribution is 5.79. The maximum Gasteiger partial charge on any atom is 0.208 e. The molecule has 0 spiro atoms. The molecule has 16 heavy (non-hydrogen) atoms. The van der Waals surface area contributed by atoms with Gasteiger partial charge in [0, 0.05) is 13.1 Å². The maximum atomic E-state index is 5.58. The third-order valence-corrected chi connectivity index (χ3v) is 3.71. The molecule has 4 heteroatoms. The minimum atomic E-state index is 0.538. The summed E-state index contributed by atoms with van der Waals surface area (Å²) in [5.74, 6) is 7.38. The Morgan fingerprint density at radius 2 is 2.12 bits per heavy atom. The van der Waals surface area contributed by atoms with Gasteiger partial charge in [-0.1, -0.05) is 13.3 Å². The molecule has 0 aromatic rings. The molecular weight excluding hydrogens is 200 g/mol. The lowest BCUT2D eigenvalue weighted by molar-refractivity contribution is 0.399. The van der Waals surface area contributed by atoms with Crippen molar-refractivity contribution in [3.05, 3.63) is 0 Å². The van der Waals surface area contributed by atoms with Gasteiger partial charge in [-0.3, -0.25) is 5.43 Å². The Morgan fingerprint density at radius 1 is 1.31 bits per heavy atom. The first-order valence-electron chi connectivity index (χ1n) is 6.62. The molecule has 1 aliphatic heterocycles. The van der Waals surface area contributed by atoms with Crippen LogP contribution in [0.1, 0.15) is 45.4 Å². The van der Waals surface area contributed by atoms with Crippen LogP contribution in [0.2, 0.25) is 0 Å². The first-order valence-corrected chi connectivity index (χ1v) is 6.62. The smallest absolute Gasteiger partial charge is 0.208 e. The topological polar surface area (TPSA) is 53.6 Å². The average molecular weight is 224 g/mol. The Labute approximate surface area is 98.3 Å². The molecule has 1 heterocycles. The van der Waals surface area contributed by atoms with Crippen molar-refractivity contribution in [2.45, 2.75) is 51.5 Å². The number of hydrazine groups is 1. The molecule has 2 rings (SSSR count). The average Bonchev–Trinajstić information content (AvgIpc) is 3.12. The van der Waals surface area contributed by atoms with Crippen LogP contribution in [0, 0.1) is 5.92 Å². The van der Waals surface area contributed by atoms with Gasteiger partial charge >= 0.3 is 0 Å². The SMILES string of the molecule is CCC1CCCN(C(=NC2CC2)NN)CC1. The van der Waals surface area contributed by atoms with Crippen molar-refractivity contribution in [1.82, 2.24) is 10.3 Å². The van der Waals surface area contributed by atoms with Gasteiger partial charge in [0.25, 0.3) is 0 Å². The summed E-state index contributed by atoms with van der Waals surface area (Å²) >= 11 is 0. The lowest BCUT2D eigenvalue weighted by atomic mass is 9.98. The van der Waals surface area contributed by atoms with E-state index < -0.39 is 0 Å². The third kappa shape index (κ3) is 3.11. The number of guanidine groups is 1. The quantitative estimate of drug-likeness (QED) is 0.323. The van der Waals surface area contributed by atoms with Crippen LogP contribution in [0.3, 0.4) is 0 Å². The molecule has 0 aromatic carbocycles. The monoisotopic (exact) mass is 224 g/mol. The van der Waals surface area contributed by atoms with E-state index in [9.17, 15) is 0 Å². The molecule has 4 nitrogen and oxygen atoms in total. The fraction of sp³-hybridized carbons (Fsp3) is 0.917. The van der Waals surface area contributed by atoms with Gasteiger partial charge in [-0.2, -0.15) is 0 Å². The first-order chi connectivity index (χ1) is 7.83. The number of hydrogen-bond donors (Lipinski definition) is 2. The number of likely N-dealkylation sites (tertiary alicyclic amines) is 1. The van der Waals surface area contributed by atoms with Crippen LogP contribution in [0.15, 0.2) is 4.99 Å². The highest BCUT2D eigenvalue weighted by Crippen LogP contribution is 2.25. The Hall–Kier alpha value is -0.770. The van der Waals surface area contributed by atoms with Crippen molar-refractivity contribution >= 4 is 5.96 Å². The molecule has 3 N–H and O–H groups in total. The minimum Gasteiger partial charge on any atom is -0.342 e. The third-order valence-electron chi connectivity index (χ3n) is 3.71. The predicted octanol–water partition coefficient (Wildman–Crippen LogP) is 1.48. The summed E-state index contributed by atoms with van der Waals surface area (Å²) in [5, 5.41) is 0. The van der Waals surface area contributed by atoms with Crippen LogP contribution < -0.4 is 11.3 Å². The lowest BCUT2D eigenvalue weighted by Gasteiger charge is -2.23. The van der Waals surface area contributed by atoms with E-state index in [1.54, 1.807) is 0 Å². The molecule has 0 amide bonds. The second kappa shape index (κ2) is 5.53. The van der Waals surface area contributed by atoms with E-state index in [0.29, 0.717) is 6.04 Å². The number of aliphatic imine (C=N–C) groups is 1. The van der Waals surface area contributed by atoms with Gasteiger partial charge in [-0.15, -0.1) is 0 Å². The highest BCUT2D eigenvalue weighted by atomic mass is 15.4. The zero-order valence-corrected chi connectivity index (χ0v) is 10.3. The molecule has 0 bridgehead atoms. The van der Waals surface area contributed by atoms with Crippen LogP contribution in [0.25, 0.3) is 0 Å². The number of rotatable bonds is 2. The fourth-order valence-electron chi connectivity index (χ4n) is 2.37. The standard InChI is InChI=1S/C12H24N4/c1-2-10-4-3-8-16(9-7-10)12(15-13)14-11-5-6-11/h10-11H,2-9,13H2,1H3,(H,14,15). The summed E-state index contributed by atoms with van der Waals surface area (Å²) in [4.78, 5) is 6.96. The zero-order chi connectivity index (χ0) is 11.4. The molecule has 1 atom stereocenters. The highest BCUT2D eigenvalue weighted by Gasteiger charge is 2.24. The van der Waals surface area contributed by atoms with E-state index in [4.69, 9.17) is 5.84 Å². The van der Waals surface area contributed by atoms with Gasteiger partial charge in [0.1, 0.15) is 0 Å². The molecule has 1 saturated carbocycles. The molecule has 1 aliphatic carbocycles. The van der Waals surface area contributed by atoms with Crippen LogP contribution in [-0.2, 0) is 0 Å². The van der Waals surface area contributed by atoms with Crippen molar-refractivity contribution in [2.75, 3.05) is 13.1 Å². The number of hydrogen-bond acceptors (Lipinski definition) is 2. The van der Waals surface area contributed by atoms with Gasteiger partial charge in [0.05, 0.1) is 6.04 Å². The van der Waals surface area contributed by atoms with Gasteiger partial charge in [-0.05, 0) is 38.0 Å². The lowest BCUT2D eigenvalue weighted by Crippen LogP contribution is -2.45. The molecule has 1 saturated heterocycles. The Morgan fingerprint density at radius 3 is 2.75 bits per heavy atom. The molecule has 0 radical (unpaired) electrons. The molecule has 2 fully saturated rings. The van der Waals surface area contributed by atoms with E-state index in [2.05, 4.69) is 22.2 Å². The summed E-state index contributed by atoms with van der Waals surface area (Å²) in [6.45, 7) is 4.50. The van der Waals surface area contributed by atoms with E-state index in [0.717, 1.165) is 25.0 Å². The van der Waals surface area contributed by atoms with Crippen molar-refractivity contribution in [1.29, 1.82) is 0 Å². The first kappa shape index (κ1) is 11.7. The number of nitrogens with two attached hydrogens (primary N) is 1. The van der Waals surface area contributed by atoms with Gasteiger partial charge < -0.3 is 4.90 Å². The second-order valence-corrected chi connectivity index (χ2v) is 5.02. The van der Waals surface area contributed by atoms with E-state index in [-0.39, 0.29) is 0 Å². The molecule has 1 unspecified atom stereocenters. The predicted molar refractivity (Wildman–Crippen MR) is 67.0 cm³/mol. The minimum absolute atomic E-state index is 0.538. The number of nitrogens with one attached hydrogen (secondary N) is 1. The fourth-order valence-corrected chi connectivity index (χ4v) is 2.37. The molecule has 92 valence electrons. The van der Waals surface area contributed by atoms with Crippen LogP contribution in [0.5, 0.6) is 0 Å². The maximum absolute atomic E-state index is 5.58. The van der Waals surface area contributed by atoms with E-state index in [1.807, 2.05) is 0 Å². The van der Waals surface area contributed by atoms with Gasteiger partial charge in [-0.25, -0.2) is 10.8 Å². The second-order valence-electron chi connectivity index (χ2n) is 5.02. The van der Waals surface area contributed by atoms with Crippen molar-refractivity contribution in [3.63, 3.8) is 0 Å². The zero-order valence-electron chi connectivity index (χ0n) is 10.3. The van der Waals surface area contributed by atoms with Crippen molar-refractivity contribution < 1.29 is 0 Å². The normalized spacial score (nSPS) is 27.8. The van der Waals surface area contributed by atoms with Crippen molar-refractivity contribution in [3.8, 4) is 0 Å². The summed E-state index contributed by atoms with van der Waals surface area (Å²) in [7, 11) is 0. The Kier molecular flexibility index (Phi) is 4.04. The Bertz CT molecular complexity index is 247. The summed E-state index contributed by atoms with van der Waals surface area (Å²) in [5.41, 5.74) is 2.78. The van der Waals surface area contributed by atoms with Gasteiger partial charge in [0.2, 0.25) is 5.96 Å². The van der Waals surface area contributed by atoms with Crippen LogP contribution in [0.4, 0.5) is 0 Å². The number of nitrogens with zero attached hydrogens (tertiary/aromatic N) is 2. The van der Waals surface area contributed by atoms with E-state index in [1.165, 1.54) is 38.5 Å². The summed E-state index contributed by atoms with van der Waals surface area (Å²) in [6.07, 6.45) is 7.67. The summed E-state index contributed by atoms with van der Waals surface area (Å²) in [6, 6.07) is 0.538. The summed E-state index contributed by atoms with van der Waals surface area (Å²) < 4.78 is 0.